The van der Waals surface area contributed by atoms with Crippen LogP contribution in [-0.2, 0) is 9.47 Å². The molecule has 0 aliphatic rings. The van der Waals surface area contributed by atoms with Crippen molar-refractivity contribution in [3.8, 4) is 0 Å². The molecule has 15 heavy (non-hydrogen) atoms. The van der Waals surface area contributed by atoms with Crippen molar-refractivity contribution in [1.29, 1.82) is 0 Å². The van der Waals surface area contributed by atoms with Gasteiger partial charge < -0.3 is 9.47 Å². The molecule has 3 nitrogen and oxygen atoms in total. The van der Waals surface area contributed by atoms with Crippen LogP contribution in [0.4, 0.5) is 4.79 Å². The molecule has 0 aromatic heterocycles. The zero-order valence-electron chi connectivity index (χ0n) is 10.0. The Kier molecular flexibility index (Phi) is 5.75. The number of ether oxygens (including phenoxy) is 2. The maximum Gasteiger partial charge on any atom is 0.508 e. The maximum atomic E-state index is 11.0. The van der Waals surface area contributed by atoms with E-state index in [-0.39, 0.29) is 0 Å². The van der Waals surface area contributed by atoms with E-state index in [9.17, 15) is 4.79 Å². The number of carbonyl (C=O) groups is 1. The Bertz CT molecular complexity index is 252. The zero-order valence-corrected chi connectivity index (χ0v) is 10.0. The average molecular weight is 212 g/mol. The van der Waals surface area contributed by atoms with Gasteiger partial charge >= 0.3 is 6.16 Å². The van der Waals surface area contributed by atoms with Gasteiger partial charge in [-0.2, -0.15) is 0 Å². The van der Waals surface area contributed by atoms with Crippen molar-refractivity contribution in [1.82, 2.24) is 0 Å². The number of rotatable bonds is 5. The van der Waals surface area contributed by atoms with Crippen molar-refractivity contribution < 1.29 is 14.3 Å². The van der Waals surface area contributed by atoms with Crippen molar-refractivity contribution in [3.63, 3.8) is 0 Å². The van der Waals surface area contributed by atoms with Crippen LogP contribution >= 0.6 is 0 Å². The predicted octanol–water partition coefficient (Wildman–Crippen LogP) is 3.46. The largest absolute Gasteiger partial charge is 0.508 e. The van der Waals surface area contributed by atoms with E-state index in [1.807, 2.05) is 20.8 Å². The van der Waals surface area contributed by atoms with Crippen LogP contribution in [0, 0.1) is 0 Å². The summed E-state index contributed by atoms with van der Waals surface area (Å²) in [5, 5.41) is 0. The first-order valence-electron chi connectivity index (χ1n) is 4.97. The minimum atomic E-state index is -0.672. The van der Waals surface area contributed by atoms with Gasteiger partial charge in [0.15, 0.2) is 0 Å². The molecule has 1 unspecified atom stereocenters. The Balaban J connectivity index is 4.25. The first kappa shape index (κ1) is 13.8. The molecule has 86 valence electrons. The van der Waals surface area contributed by atoms with Gasteiger partial charge in [-0.3, -0.25) is 0 Å². The molecular formula is C12H20O3. The Morgan fingerprint density at radius 1 is 1.47 bits per heavy atom. The van der Waals surface area contributed by atoms with Gasteiger partial charge in [0.05, 0.1) is 7.11 Å². The molecule has 0 heterocycles. The van der Waals surface area contributed by atoms with Gasteiger partial charge in [-0.25, -0.2) is 4.79 Å². The molecule has 1 atom stereocenters. The van der Waals surface area contributed by atoms with E-state index in [0.29, 0.717) is 6.42 Å². The highest BCUT2D eigenvalue weighted by atomic mass is 16.7. The Morgan fingerprint density at radius 2 is 2.07 bits per heavy atom. The van der Waals surface area contributed by atoms with E-state index < -0.39 is 11.8 Å². The average Bonchev–Trinajstić information content (AvgIpc) is 2.17. The summed E-state index contributed by atoms with van der Waals surface area (Å²) in [6, 6.07) is 0. The molecule has 0 aliphatic carbocycles. The number of hydrogen-bond donors (Lipinski definition) is 0. The Labute approximate surface area is 91.8 Å². The van der Waals surface area contributed by atoms with Gasteiger partial charge in [-0.1, -0.05) is 18.2 Å². The summed E-state index contributed by atoms with van der Waals surface area (Å²) in [6.45, 7) is 9.55. The van der Waals surface area contributed by atoms with Crippen molar-refractivity contribution in [2.24, 2.45) is 0 Å². The molecule has 0 aromatic carbocycles. The van der Waals surface area contributed by atoms with Gasteiger partial charge in [0, 0.05) is 0 Å². The number of hydrogen-bond acceptors (Lipinski definition) is 3. The lowest BCUT2D eigenvalue weighted by atomic mass is 9.99. The molecule has 0 aromatic rings. The van der Waals surface area contributed by atoms with Crippen LogP contribution in [0.15, 0.2) is 24.3 Å². The quantitative estimate of drug-likeness (QED) is 0.517. The lowest BCUT2D eigenvalue weighted by Gasteiger charge is -2.24. The monoisotopic (exact) mass is 212 g/mol. The fourth-order valence-electron chi connectivity index (χ4n) is 1.07. The summed E-state index contributed by atoms with van der Waals surface area (Å²) in [5.41, 5.74) is 0.596. The van der Waals surface area contributed by atoms with Gasteiger partial charge in [-0.05, 0) is 39.7 Å². The van der Waals surface area contributed by atoms with E-state index >= 15 is 0 Å². The highest BCUT2D eigenvalue weighted by Crippen LogP contribution is 2.20. The fraction of sp³-hybridized carbons (Fsp3) is 0.583. The standard InChI is InChI=1S/C12H20O3/c1-6-12(4,15-11(13)14-5)9-7-8-10(2)3/h6,8H,1,7,9H2,2-5H3. The zero-order chi connectivity index (χ0) is 11.9. The predicted molar refractivity (Wildman–Crippen MR) is 60.8 cm³/mol. The highest BCUT2D eigenvalue weighted by Gasteiger charge is 2.24. The van der Waals surface area contributed by atoms with Crippen LogP contribution in [0.5, 0.6) is 0 Å². The summed E-state index contributed by atoms with van der Waals surface area (Å²) in [6.07, 6.45) is 4.61. The molecule has 3 heteroatoms. The summed E-state index contributed by atoms with van der Waals surface area (Å²) >= 11 is 0. The normalized spacial score (nSPS) is 13.6. The molecule has 0 aliphatic heterocycles. The SMILES string of the molecule is C=CC(C)(CCC=C(C)C)OC(=O)OC. The minimum Gasteiger partial charge on any atom is -0.438 e. The van der Waals surface area contributed by atoms with Crippen molar-refractivity contribution in [2.75, 3.05) is 7.11 Å². The second kappa shape index (κ2) is 6.27. The molecule has 0 saturated heterocycles. The number of allylic oxidation sites excluding steroid dienone is 2. The second-order valence-corrected chi connectivity index (χ2v) is 3.89. The topological polar surface area (TPSA) is 35.5 Å². The van der Waals surface area contributed by atoms with Crippen LogP contribution in [0.3, 0.4) is 0 Å². The Hall–Kier alpha value is -1.25. The molecule has 0 amide bonds. The molecule has 0 N–H and O–H groups in total. The van der Waals surface area contributed by atoms with E-state index in [4.69, 9.17) is 4.74 Å². The van der Waals surface area contributed by atoms with E-state index in [0.717, 1.165) is 6.42 Å². The van der Waals surface area contributed by atoms with Crippen LogP contribution in [-0.4, -0.2) is 18.9 Å². The third-order valence-electron chi connectivity index (χ3n) is 2.11. The van der Waals surface area contributed by atoms with Crippen molar-refractivity contribution in [2.45, 2.75) is 39.2 Å². The lowest BCUT2D eigenvalue weighted by Crippen LogP contribution is -2.29. The summed E-state index contributed by atoms with van der Waals surface area (Å²) in [4.78, 5) is 11.0. The van der Waals surface area contributed by atoms with Gasteiger partial charge in [0.1, 0.15) is 5.60 Å². The summed E-state index contributed by atoms with van der Waals surface area (Å²) in [5.74, 6) is 0. The molecule has 0 radical (unpaired) electrons. The molecule has 0 rings (SSSR count). The van der Waals surface area contributed by atoms with Crippen LogP contribution in [0.2, 0.25) is 0 Å². The van der Waals surface area contributed by atoms with Crippen molar-refractivity contribution in [3.05, 3.63) is 24.3 Å². The van der Waals surface area contributed by atoms with Gasteiger partial charge in [0.2, 0.25) is 0 Å². The Morgan fingerprint density at radius 3 is 2.47 bits per heavy atom. The summed E-state index contributed by atoms with van der Waals surface area (Å²) < 4.78 is 9.56. The molecule has 0 fully saturated rings. The smallest absolute Gasteiger partial charge is 0.438 e. The molecule has 0 saturated carbocycles. The number of methoxy groups -OCH3 is 1. The third-order valence-corrected chi connectivity index (χ3v) is 2.11. The molecule has 0 spiro atoms. The van der Waals surface area contributed by atoms with Gasteiger partial charge in [0.25, 0.3) is 0 Å². The first-order valence-corrected chi connectivity index (χ1v) is 4.97. The second-order valence-electron chi connectivity index (χ2n) is 3.89. The fourth-order valence-corrected chi connectivity index (χ4v) is 1.07. The van der Waals surface area contributed by atoms with Crippen molar-refractivity contribution >= 4 is 6.16 Å². The van der Waals surface area contributed by atoms with Crippen LogP contribution in [0.25, 0.3) is 0 Å². The minimum absolute atomic E-state index is 0.654. The third kappa shape index (κ3) is 5.94. The first-order chi connectivity index (χ1) is 6.93. The van der Waals surface area contributed by atoms with Crippen LogP contribution in [0.1, 0.15) is 33.6 Å². The molecular weight excluding hydrogens is 192 g/mol. The van der Waals surface area contributed by atoms with E-state index in [1.165, 1.54) is 12.7 Å². The van der Waals surface area contributed by atoms with E-state index in [1.54, 1.807) is 6.08 Å². The van der Waals surface area contributed by atoms with Crippen LogP contribution < -0.4 is 0 Å². The maximum absolute atomic E-state index is 11.0. The summed E-state index contributed by atoms with van der Waals surface area (Å²) in [7, 11) is 1.29. The number of carbonyl (C=O) groups excluding carboxylic acids is 1. The van der Waals surface area contributed by atoms with Gasteiger partial charge in [-0.15, -0.1) is 0 Å². The molecule has 0 bridgehead atoms. The highest BCUT2D eigenvalue weighted by molar-refractivity contribution is 5.60. The van der Waals surface area contributed by atoms with E-state index in [2.05, 4.69) is 17.4 Å². The lowest BCUT2D eigenvalue weighted by molar-refractivity contribution is 0.00533.